The summed E-state index contributed by atoms with van der Waals surface area (Å²) >= 11 is 11.3. The molecule has 2 aromatic carbocycles. The minimum absolute atomic E-state index is 0.156. The van der Waals surface area contributed by atoms with Crippen molar-refractivity contribution in [1.82, 2.24) is 14.9 Å². The molecule has 0 atom stereocenters. The second-order valence-electron chi connectivity index (χ2n) is 4.95. The number of aromatic amines is 1. The van der Waals surface area contributed by atoms with E-state index in [1.807, 2.05) is 30.3 Å². The molecule has 1 N–H and O–H groups in total. The van der Waals surface area contributed by atoms with Crippen molar-refractivity contribution in [1.29, 1.82) is 0 Å². The van der Waals surface area contributed by atoms with Crippen LogP contribution in [0, 0.1) is 17.1 Å². The Labute approximate surface area is 154 Å². The quantitative estimate of drug-likeness (QED) is 0.418. The Morgan fingerprint density at radius 2 is 2.12 bits per heavy atom. The summed E-state index contributed by atoms with van der Waals surface area (Å²) in [7, 11) is 0. The molecule has 1 heterocycles. The molecular weight excluding hydrogens is 356 g/mol. The minimum Gasteiger partial charge on any atom is -0.480 e. The lowest BCUT2D eigenvalue weighted by molar-refractivity contribution is 0.370. The van der Waals surface area contributed by atoms with Gasteiger partial charge in [0.05, 0.1) is 6.21 Å². The van der Waals surface area contributed by atoms with Gasteiger partial charge in [0.1, 0.15) is 12.4 Å². The zero-order valence-corrected chi connectivity index (χ0v) is 14.6. The van der Waals surface area contributed by atoms with Crippen LogP contribution in [-0.4, -0.2) is 27.7 Å². The lowest BCUT2D eigenvalue weighted by Gasteiger charge is -2.07. The first kappa shape index (κ1) is 17.0. The fourth-order valence-electron chi connectivity index (χ4n) is 2.16. The van der Waals surface area contributed by atoms with Crippen LogP contribution in [-0.2, 0) is 0 Å². The number of H-pyrrole nitrogens is 1. The smallest absolute Gasteiger partial charge is 0.216 e. The molecule has 0 saturated heterocycles. The molecule has 0 spiro atoms. The summed E-state index contributed by atoms with van der Waals surface area (Å²) in [6, 6.07) is 14.8. The van der Waals surface area contributed by atoms with Gasteiger partial charge in [0.2, 0.25) is 4.77 Å². The van der Waals surface area contributed by atoms with Crippen molar-refractivity contribution < 1.29 is 4.74 Å². The van der Waals surface area contributed by atoms with E-state index in [2.05, 4.69) is 21.2 Å². The third kappa shape index (κ3) is 3.97. The molecule has 124 valence electrons. The summed E-state index contributed by atoms with van der Waals surface area (Å²) in [6.45, 7) is 0.156. The highest BCUT2D eigenvalue weighted by atomic mass is 35.5. The van der Waals surface area contributed by atoms with E-state index in [0.29, 0.717) is 26.9 Å². The zero-order chi connectivity index (χ0) is 17.6. The van der Waals surface area contributed by atoms with Crippen molar-refractivity contribution in [2.24, 2.45) is 5.10 Å². The molecule has 0 bridgehead atoms. The van der Waals surface area contributed by atoms with Crippen LogP contribution in [0.3, 0.4) is 0 Å². The van der Waals surface area contributed by atoms with Gasteiger partial charge < -0.3 is 4.74 Å². The lowest BCUT2D eigenvalue weighted by Crippen LogP contribution is -1.99. The molecule has 7 heteroatoms. The largest absolute Gasteiger partial charge is 0.480 e. The maximum absolute atomic E-state index is 6.07. The molecular formula is C18H13ClN4OS. The van der Waals surface area contributed by atoms with E-state index in [0.717, 1.165) is 5.56 Å². The summed E-state index contributed by atoms with van der Waals surface area (Å²) in [5.41, 5.74) is 1.58. The molecule has 0 aliphatic rings. The van der Waals surface area contributed by atoms with Gasteiger partial charge in [-0.25, -0.2) is 5.10 Å². The normalized spacial score (nSPS) is 10.7. The fraction of sp³-hybridized carbons (Fsp3) is 0.0556. The Hall–Kier alpha value is -2.88. The molecule has 0 amide bonds. The number of nitrogens with one attached hydrogen (secondary N) is 1. The molecule has 5 nitrogen and oxygen atoms in total. The Balaban J connectivity index is 1.99. The highest BCUT2D eigenvalue weighted by molar-refractivity contribution is 7.71. The number of hydrogen-bond acceptors (Lipinski definition) is 4. The molecule has 0 radical (unpaired) electrons. The number of benzene rings is 2. The van der Waals surface area contributed by atoms with Gasteiger partial charge in [-0.05, 0) is 30.4 Å². The van der Waals surface area contributed by atoms with Gasteiger partial charge in [0.15, 0.2) is 5.82 Å². The first-order valence-electron chi connectivity index (χ1n) is 7.32. The van der Waals surface area contributed by atoms with Gasteiger partial charge >= 0.3 is 0 Å². The summed E-state index contributed by atoms with van der Waals surface area (Å²) in [5.74, 6) is 3.62. The summed E-state index contributed by atoms with van der Waals surface area (Å²) in [6.07, 6.45) is 6.85. The van der Waals surface area contributed by atoms with Crippen molar-refractivity contribution >= 4 is 30.0 Å². The van der Waals surface area contributed by atoms with Crippen LogP contribution in [0.2, 0.25) is 5.02 Å². The minimum atomic E-state index is 0.156. The van der Waals surface area contributed by atoms with Crippen LogP contribution >= 0.6 is 23.8 Å². The summed E-state index contributed by atoms with van der Waals surface area (Å²) in [4.78, 5) is 0. The van der Waals surface area contributed by atoms with Crippen LogP contribution in [0.25, 0.3) is 11.4 Å². The first-order chi connectivity index (χ1) is 12.2. The van der Waals surface area contributed by atoms with Crippen LogP contribution in [0.15, 0.2) is 53.6 Å². The van der Waals surface area contributed by atoms with Crippen molar-refractivity contribution in [3.05, 3.63) is 63.9 Å². The van der Waals surface area contributed by atoms with Gasteiger partial charge in [-0.2, -0.15) is 14.9 Å². The molecule has 0 fully saturated rings. The van der Waals surface area contributed by atoms with Crippen molar-refractivity contribution in [3.8, 4) is 29.5 Å². The first-order valence-corrected chi connectivity index (χ1v) is 8.10. The Kier molecular flexibility index (Phi) is 5.29. The maximum atomic E-state index is 6.07. The lowest BCUT2D eigenvalue weighted by atomic mass is 10.2. The molecule has 3 aromatic rings. The second-order valence-corrected chi connectivity index (χ2v) is 5.77. The zero-order valence-electron chi connectivity index (χ0n) is 13.0. The van der Waals surface area contributed by atoms with E-state index >= 15 is 0 Å². The molecule has 0 saturated carbocycles. The van der Waals surface area contributed by atoms with E-state index in [9.17, 15) is 0 Å². The van der Waals surface area contributed by atoms with E-state index in [4.69, 9.17) is 35.0 Å². The SMILES string of the molecule is C#CCOc1ccc(Cl)cc1/C=N\n1c(-c2ccccc2)n[nH]c1=S. The number of hydrogen-bond donors (Lipinski definition) is 1. The predicted octanol–water partition coefficient (Wildman–Crippen LogP) is 4.16. The maximum Gasteiger partial charge on any atom is 0.216 e. The predicted molar refractivity (Wildman–Crippen MR) is 102 cm³/mol. The third-order valence-corrected chi connectivity index (χ3v) is 3.78. The number of aromatic nitrogens is 3. The van der Waals surface area contributed by atoms with Crippen LogP contribution in [0.4, 0.5) is 0 Å². The molecule has 25 heavy (non-hydrogen) atoms. The standard InChI is InChI=1S/C18H13ClN4OS/c1-2-10-24-16-9-8-15(19)11-14(16)12-20-23-17(21-22-18(23)25)13-6-4-3-5-7-13/h1,3-9,11-12H,10H2,(H,22,25)/b20-12-. The summed E-state index contributed by atoms with van der Waals surface area (Å²) < 4.78 is 7.43. The third-order valence-electron chi connectivity index (χ3n) is 3.28. The van der Waals surface area contributed by atoms with Gasteiger partial charge in [-0.1, -0.05) is 47.9 Å². The number of rotatable bonds is 5. The van der Waals surface area contributed by atoms with Crippen LogP contribution in [0.1, 0.15) is 5.56 Å². The second kappa shape index (κ2) is 7.79. The van der Waals surface area contributed by atoms with E-state index in [1.54, 1.807) is 24.4 Å². The van der Waals surface area contributed by atoms with Gasteiger partial charge in [-0.15, -0.1) is 6.42 Å². The van der Waals surface area contributed by atoms with Crippen molar-refractivity contribution in [2.75, 3.05) is 6.61 Å². The fourth-order valence-corrected chi connectivity index (χ4v) is 2.52. The highest BCUT2D eigenvalue weighted by Crippen LogP contribution is 2.22. The van der Waals surface area contributed by atoms with Crippen LogP contribution < -0.4 is 4.74 Å². The molecule has 1 aromatic heterocycles. The van der Waals surface area contributed by atoms with E-state index in [-0.39, 0.29) is 6.61 Å². The van der Waals surface area contributed by atoms with Gasteiger partial charge in [0, 0.05) is 16.1 Å². The number of nitrogens with zero attached hydrogens (tertiary/aromatic N) is 3. The molecule has 0 unspecified atom stereocenters. The molecule has 0 aliphatic heterocycles. The molecule has 3 rings (SSSR count). The van der Waals surface area contributed by atoms with Crippen molar-refractivity contribution in [2.45, 2.75) is 0 Å². The monoisotopic (exact) mass is 368 g/mol. The topological polar surface area (TPSA) is 55.2 Å². The average molecular weight is 369 g/mol. The van der Waals surface area contributed by atoms with E-state index in [1.165, 1.54) is 4.68 Å². The Morgan fingerprint density at radius 1 is 1.32 bits per heavy atom. The van der Waals surface area contributed by atoms with Gasteiger partial charge in [0.25, 0.3) is 0 Å². The number of terminal acetylenes is 1. The summed E-state index contributed by atoms with van der Waals surface area (Å²) in [5, 5.41) is 12.0. The Morgan fingerprint density at radius 3 is 2.88 bits per heavy atom. The molecule has 0 aliphatic carbocycles. The average Bonchev–Trinajstić information content (AvgIpc) is 3.00. The van der Waals surface area contributed by atoms with E-state index < -0.39 is 0 Å². The highest BCUT2D eigenvalue weighted by Gasteiger charge is 2.08. The number of ether oxygens (including phenoxy) is 1. The Bertz CT molecular complexity index is 1000. The number of halogens is 1. The van der Waals surface area contributed by atoms with Crippen molar-refractivity contribution in [3.63, 3.8) is 0 Å². The van der Waals surface area contributed by atoms with Gasteiger partial charge in [-0.3, -0.25) is 0 Å². The van der Waals surface area contributed by atoms with Crippen LogP contribution in [0.5, 0.6) is 5.75 Å².